The molecule has 2 fully saturated rings. The van der Waals surface area contributed by atoms with Crippen LogP contribution in [0.4, 0.5) is 0 Å². The molecule has 0 aromatic carbocycles. The summed E-state index contributed by atoms with van der Waals surface area (Å²) in [7, 11) is 0. The second kappa shape index (κ2) is 6.56. The largest absolute Gasteiger partial charge is 0.186 e. The number of halogens is 2. The van der Waals surface area contributed by atoms with Crippen molar-refractivity contribution in [2.45, 2.75) is 75.3 Å². The van der Waals surface area contributed by atoms with Gasteiger partial charge in [-0.25, -0.2) is 0 Å². The molecule has 0 saturated heterocycles. The highest BCUT2D eigenvalue weighted by Crippen LogP contribution is 2.37. The van der Waals surface area contributed by atoms with Gasteiger partial charge in [0.05, 0.1) is 11.1 Å². The van der Waals surface area contributed by atoms with E-state index >= 15 is 0 Å². The molecule has 0 atom stereocenters. The molecule has 18 heavy (non-hydrogen) atoms. The minimum absolute atomic E-state index is 0.0870. The first kappa shape index (κ1) is 14.6. The Kier molecular flexibility index (Phi) is 5.32. The van der Waals surface area contributed by atoms with E-state index in [1.807, 2.05) is 0 Å². The maximum Gasteiger partial charge on any atom is 0.0950 e. The summed E-state index contributed by atoms with van der Waals surface area (Å²) in [6.07, 6.45) is 12.0. The molecule has 2 aliphatic rings. The van der Waals surface area contributed by atoms with Crippen LogP contribution in [0.25, 0.3) is 0 Å². The van der Waals surface area contributed by atoms with Gasteiger partial charge in [-0.2, -0.15) is 10.2 Å². The van der Waals surface area contributed by atoms with Gasteiger partial charge in [0.2, 0.25) is 0 Å². The summed E-state index contributed by atoms with van der Waals surface area (Å²) in [4.78, 5) is 0. The Morgan fingerprint density at radius 2 is 0.944 bits per heavy atom. The molecule has 0 bridgehead atoms. The predicted octanol–water partition coefficient (Wildman–Crippen LogP) is 5.32. The molecule has 0 heterocycles. The number of hydrogen-bond donors (Lipinski definition) is 0. The molecule has 0 radical (unpaired) electrons. The zero-order valence-corrected chi connectivity index (χ0v) is 12.6. The first-order valence-electron chi connectivity index (χ1n) is 7.30. The maximum atomic E-state index is 6.16. The average molecular weight is 291 g/mol. The van der Waals surface area contributed by atoms with E-state index in [-0.39, 0.29) is 11.1 Å². The first-order chi connectivity index (χ1) is 8.74. The highest BCUT2D eigenvalue weighted by molar-refractivity contribution is 6.19. The Balaban J connectivity index is 2.06. The van der Waals surface area contributed by atoms with E-state index in [4.69, 9.17) is 33.4 Å². The van der Waals surface area contributed by atoms with Crippen LogP contribution in [0.5, 0.6) is 0 Å². The van der Waals surface area contributed by atoms with E-state index in [1.54, 1.807) is 0 Å². The van der Waals surface area contributed by atoms with E-state index in [0.29, 0.717) is 11.8 Å². The third kappa shape index (κ3) is 3.39. The van der Waals surface area contributed by atoms with Crippen molar-refractivity contribution >= 4 is 23.2 Å². The highest BCUT2D eigenvalue weighted by Gasteiger charge is 2.35. The Morgan fingerprint density at radius 3 is 1.22 bits per heavy atom. The molecule has 2 nitrogen and oxygen atoms in total. The van der Waals surface area contributed by atoms with Gasteiger partial charge in [0.1, 0.15) is 0 Å². The third-order valence-corrected chi connectivity index (χ3v) is 5.54. The normalized spacial score (nSPS) is 27.4. The van der Waals surface area contributed by atoms with Gasteiger partial charge in [-0.05, 0) is 25.7 Å². The lowest BCUT2D eigenvalue weighted by molar-refractivity contribution is 0.269. The molecule has 0 aliphatic heterocycles. The minimum Gasteiger partial charge on any atom is -0.186 e. The molecule has 2 rings (SSSR count). The van der Waals surface area contributed by atoms with E-state index in [1.165, 1.54) is 38.5 Å². The Hall–Kier alpha value is 0.180. The maximum absolute atomic E-state index is 6.16. The van der Waals surface area contributed by atoms with Crippen LogP contribution < -0.4 is 0 Å². The molecule has 0 aromatic rings. The lowest BCUT2D eigenvalue weighted by atomic mass is 9.83. The van der Waals surface area contributed by atoms with Crippen LogP contribution in [0.1, 0.15) is 64.2 Å². The summed E-state index contributed by atoms with van der Waals surface area (Å²) >= 11 is 12.3. The van der Waals surface area contributed by atoms with Gasteiger partial charge in [0, 0.05) is 11.8 Å². The summed E-state index contributed by atoms with van der Waals surface area (Å²) in [5.41, 5.74) is -0.174. The second-order valence-electron chi connectivity index (χ2n) is 6.04. The van der Waals surface area contributed by atoms with Crippen LogP contribution in [-0.2, 0) is 0 Å². The molecule has 104 valence electrons. The summed E-state index contributed by atoms with van der Waals surface area (Å²) in [6.45, 7) is 0. The fourth-order valence-corrected chi connectivity index (χ4v) is 3.79. The van der Waals surface area contributed by atoms with E-state index in [9.17, 15) is 0 Å². The van der Waals surface area contributed by atoms with Crippen LogP contribution >= 0.6 is 23.2 Å². The molecule has 0 spiro atoms. The Labute approximate surface area is 121 Å². The number of alkyl halides is 2. The first-order valence-corrected chi connectivity index (χ1v) is 8.37. The Morgan fingerprint density at radius 1 is 0.611 bits per heavy atom. The summed E-state index contributed by atoms with van der Waals surface area (Å²) in [5.74, 6) is 1.21. The van der Waals surface area contributed by atoms with Crippen molar-refractivity contribution in [3.8, 4) is 0 Å². The van der Waals surface area contributed by atoms with Crippen LogP contribution in [0.2, 0.25) is 0 Å². The summed E-state index contributed by atoms with van der Waals surface area (Å²) in [5, 5.41) is 9.42. The quantitative estimate of drug-likeness (QED) is 0.494. The summed E-state index contributed by atoms with van der Waals surface area (Å²) < 4.78 is 0. The van der Waals surface area contributed by atoms with Gasteiger partial charge >= 0.3 is 0 Å². The van der Waals surface area contributed by atoms with Crippen LogP contribution in [0, 0.1) is 0 Å². The molecule has 0 aromatic heterocycles. The second-order valence-corrected chi connectivity index (χ2v) is 6.57. The topological polar surface area (TPSA) is 24.7 Å². The monoisotopic (exact) mass is 290 g/mol. The van der Waals surface area contributed by atoms with Crippen molar-refractivity contribution in [2.24, 2.45) is 10.2 Å². The van der Waals surface area contributed by atoms with Crippen molar-refractivity contribution in [1.82, 2.24) is 0 Å². The molecular weight excluding hydrogens is 267 g/mol. The van der Waals surface area contributed by atoms with E-state index < -0.39 is 0 Å². The minimum atomic E-state index is -0.0870. The Bertz CT molecular complexity index is 252. The standard InChI is InChI=1S/C14H24Cl2N2/c15-11-13(7-3-1-4-8-13)17-18-14(12-16)9-5-2-6-10-14/h1-12H2. The fourth-order valence-electron chi connectivity index (χ4n) is 3.15. The zero-order valence-electron chi connectivity index (χ0n) is 11.1. The summed E-state index contributed by atoms with van der Waals surface area (Å²) in [6, 6.07) is 0. The smallest absolute Gasteiger partial charge is 0.0950 e. The van der Waals surface area contributed by atoms with E-state index in [0.717, 1.165) is 25.7 Å². The molecule has 0 unspecified atom stereocenters. The lowest BCUT2D eigenvalue weighted by Gasteiger charge is -2.34. The van der Waals surface area contributed by atoms with Gasteiger partial charge in [0.15, 0.2) is 0 Å². The van der Waals surface area contributed by atoms with Crippen LogP contribution in [0.3, 0.4) is 0 Å². The SMILES string of the molecule is ClCC1(N=NC2(CCl)CCCCC2)CCCCC1. The van der Waals surface area contributed by atoms with Gasteiger partial charge in [-0.3, -0.25) is 0 Å². The predicted molar refractivity (Wildman–Crippen MR) is 77.9 cm³/mol. The average Bonchev–Trinajstić information content (AvgIpc) is 2.47. The third-order valence-electron chi connectivity index (χ3n) is 4.54. The van der Waals surface area contributed by atoms with Crippen molar-refractivity contribution < 1.29 is 0 Å². The van der Waals surface area contributed by atoms with Gasteiger partial charge in [-0.15, -0.1) is 23.2 Å². The van der Waals surface area contributed by atoms with Gasteiger partial charge < -0.3 is 0 Å². The zero-order chi connectivity index (χ0) is 12.9. The molecule has 0 N–H and O–H groups in total. The van der Waals surface area contributed by atoms with Crippen molar-refractivity contribution in [3.05, 3.63) is 0 Å². The van der Waals surface area contributed by atoms with Crippen LogP contribution in [-0.4, -0.2) is 22.8 Å². The fraction of sp³-hybridized carbons (Fsp3) is 1.00. The van der Waals surface area contributed by atoms with Gasteiger partial charge in [0.25, 0.3) is 0 Å². The molecule has 2 saturated carbocycles. The van der Waals surface area contributed by atoms with Gasteiger partial charge in [-0.1, -0.05) is 38.5 Å². The molecular formula is C14H24Cl2N2. The highest BCUT2D eigenvalue weighted by atomic mass is 35.5. The van der Waals surface area contributed by atoms with Crippen molar-refractivity contribution in [2.75, 3.05) is 11.8 Å². The number of rotatable bonds is 4. The van der Waals surface area contributed by atoms with Crippen molar-refractivity contribution in [3.63, 3.8) is 0 Å². The van der Waals surface area contributed by atoms with Crippen LogP contribution in [0.15, 0.2) is 10.2 Å². The number of hydrogen-bond acceptors (Lipinski definition) is 2. The lowest BCUT2D eigenvalue weighted by Crippen LogP contribution is -2.35. The number of azo groups is 1. The van der Waals surface area contributed by atoms with Crippen molar-refractivity contribution in [1.29, 1.82) is 0 Å². The molecule has 2 aliphatic carbocycles. The van der Waals surface area contributed by atoms with E-state index in [2.05, 4.69) is 0 Å². The molecule has 0 amide bonds. The number of nitrogens with zero attached hydrogens (tertiary/aromatic N) is 2. The molecule has 4 heteroatoms.